The normalized spacial score (nSPS) is 12.8. The summed E-state index contributed by atoms with van der Waals surface area (Å²) >= 11 is 1.33. The largest absolute Gasteiger partial charge is 0.507 e. The van der Waals surface area contributed by atoms with Crippen molar-refractivity contribution in [2.75, 3.05) is 19.0 Å². The molecule has 8 nitrogen and oxygen atoms in total. The van der Waals surface area contributed by atoms with Crippen LogP contribution in [0.25, 0.3) is 0 Å². The van der Waals surface area contributed by atoms with Crippen molar-refractivity contribution in [1.29, 1.82) is 0 Å². The van der Waals surface area contributed by atoms with E-state index in [9.17, 15) is 19.5 Å². The fraction of sp³-hybridized carbons (Fsp3) is 0.316. The molecule has 0 bridgehead atoms. The second-order valence-electron chi connectivity index (χ2n) is 6.29. The summed E-state index contributed by atoms with van der Waals surface area (Å²) in [4.78, 5) is 37.2. The lowest BCUT2D eigenvalue weighted by Crippen LogP contribution is -2.23. The number of rotatable bonds is 6. The maximum atomic E-state index is 12.2. The van der Waals surface area contributed by atoms with Gasteiger partial charge >= 0.3 is 5.97 Å². The van der Waals surface area contributed by atoms with Crippen LogP contribution in [0, 0.1) is 0 Å². The highest BCUT2D eigenvalue weighted by molar-refractivity contribution is 7.17. The van der Waals surface area contributed by atoms with Crippen LogP contribution < -0.4 is 15.8 Å². The molecule has 2 aromatic rings. The SMILES string of the molecule is COc1ccc(C(=O)OCC(=O)Nc2sc3c(c2C(N)=O)CCCC3)c(O)c1. The van der Waals surface area contributed by atoms with E-state index in [-0.39, 0.29) is 11.3 Å². The number of amides is 2. The van der Waals surface area contributed by atoms with Gasteiger partial charge in [-0.1, -0.05) is 0 Å². The number of phenols is 1. The van der Waals surface area contributed by atoms with E-state index < -0.39 is 24.4 Å². The monoisotopic (exact) mass is 404 g/mol. The predicted octanol–water partition coefficient (Wildman–Crippen LogP) is 2.24. The first-order valence-corrected chi connectivity index (χ1v) is 9.50. The molecule has 4 N–H and O–H groups in total. The Morgan fingerprint density at radius 3 is 2.68 bits per heavy atom. The van der Waals surface area contributed by atoms with Crippen LogP contribution in [0.2, 0.25) is 0 Å². The van der Waals surface area contributed by atoms with Crippen molar-refractivity contribution < 1.29 is 29.0 Å². The smallest absolute Gasteiger partial charge is 0.342 e. The molecule has 0 fully saturated rings. The van der Waals surface area contributed by atoms with Gasteiger partial charge < -0.3 is 25.6 Å². The van der Waals surface area contributed by atoms with E-state index in [1.54, 1.807) is 0 Å². The number of nitrogens with two attached hydrogens (primary N) is 1. The highest BCUT2D eigenvalue weighted by atomic mass is 32.1. The Morgan fingerprint density at radius 2 is 2.00 bits per heavy atom. The van der Waals surface area contributed by atoms with Gasteiger partial charge in [0.1, 0.15) is 22.1 Å². The van der Waals surface area contributed by atoms with Crippen molar-refractivity contribution in [2.24, 2.45) is 5.73 Å². The zero-order valence-electron chi connectivity index (χ0n) is 15.2. The van der Waals surface area contributed by atoms with Crippen LogP contribution in [0.4, 0.5) is 5.00 Å². The molecule has 0 aliphatic heterocycles. The number of carbonyl (C=O) groups is 3. The summed E-state index contributed by atoms with van der Waals surface area (Å²) in [5.74, 6) is -1.97. The third-order valence-electron chi connectivity index (χ3n) is 4.43. The number of hydrogen-bond donors (Lipinski definition) is 3. The van der Waals surface area contributed by atoms with Crippen LogP contribution in [-0.4, -0.2) is 36.6 Å². The zero-order chi connectivity index (χ0) is 20.3. The van der Waals surface area contributed by atoms with E-state index in [0.29, 0.717) is 16.3 Å². The number of phenolic OH excluding ortho intramolecular Hbond substituents is 1. The number of anilines is 1. The number of benzene rings is 1. The number of fused-ring (bicyclic) bond motifs is 1. The molecule has 148 valence electrons. The summed E-state index contributed by atoms with van der Waals surface area (Å²) in [6, 6.07) is 4.10. The first-order chi connectivity index (χ1) is 13.4. The molecule has 9 heteroatoms. The van der Waals surface area contributed by atoms with E-state index in [2.05, 4.69) is 5.32 Å². The number of esters is 1. The Bertz CT molecular complexity index is 937. The van der Waals surface area contributed by atoms with Crippen molar-refractivity contribution in [3.8, 4) is 11.5 Å². The highest BCUT2D eigenvalue weighted by Gasteiger charge is 2.25. The van der Waals surface area contributed by atoms with Crippen LogP contribution in [0.5, 0.6) is 11.5 Å². The Kier molecular flexibility index (Phi) is 5.84. The van der Waals surface area contributed by atoms with Crippen LogP contribution in [0.1, 0.15) is 44.0 Å². The number of hydrogen-bond acceptors (Lipinski definition) is 7. The van der Waals surface area contributed by atoms with Crippen molar-refractivity contribution >= 4 is 34.1 Å². The average Bonchev–Trinajstić information content (AvgIpc) is 3.03. The Morgan fingerprint density at radius 1 is 1.25 bits per heavy atom. The maximum Gasteiger partial charge on any atom is 0.342 e. The molecule has 0 unspecified atom stereocenters. The molecule has 28 heavy (non-hydrogen) atoms. The summed E-state index contributed by atoms with van der Waals surface area (Å²) in [6.45, 7) is -0.564. The molecular formula is C19H20N2O6S. The van der Waals surface area contributed by atoms with Crippen LogP contribution in [-0.2, 0) is 22.4 Å². The quantitative estimate of drug-likeness (QED) is 0.634. The first-order valence-electron chi connectivity index (χ1n) is 8.69. The van der Waals surface area contributed by atoms with Crippen molar-refractivity contribution in [3.63, 3.8) is 0 Å². The van der Waals surface area contributed by atoms with Crippen molar-refractivity contribution in [3.05, 3.63) is 39.8 Å². The first kappa shape index (κ1) is 19.7. The lowest BCUT2D eigenvalue weighted by atomic mass is 9.95. The van der Waals surface area contributed by atoms with E-state index in [1.807, 2.05) is 0 Å². The van der Waals surface area contributed by atoms with Crippen molar-refractivity contribution in [1.82, 2.24) is 0 Å². The van der Waals surface area contributed by atoms with Crippen LogP contribution >= 0.6 is 11.3 Å². The minimum absolute atomic E-state index is 0.0852. The summed E-state index contributed by atoms with van der Waals surface area (Å²) in [6.07, 6.45) is 3.61. The van der Waals surface area contributed by atoms with Gasteiger partial charge in [0.25, 0.3) is 11.8 Å². The van der Waals surface area contributed by atoms with Gasteiger partial charge in [-0.05, 0) is 43.4 Å². The molecular weight excluding hydrogens is 384 g/mol. The number of methoxy groups -OCH3 is 1. The van der Waals surface area contributed by atoms with Crippen LogP contribution in [0.3, 0.4) is 0 Å². The molecule has 1 aromatic heterocycles. The lowest BCUT2D eigenvalue weighted by molar-refractivity contribution is -0.119. The summed E-state index contributed by atoms with van der Waals surface area (Å²) in [5.41, 5.74) is 6.65. The molecule has 0 saturated carbocycles. The molecule has 1 aliphatic carbocycles. The third-order valence-corrected chi connectivity index (χ3v) is 5.64. The minimum Gasteiger partial charge on any atom is -0.507 e. The van der Waals surface area contributed by atoms with Gasteiger partial charge in [-0.25, -0.2) is 4.79 Å². The van der Waals surface area contributed by atoms with Gasteiger partial charge in [0.15, 0.2) is 6.61 Å². The predicted molar refractivity (Wildman–Crippen MR) is 103 cm³/mol. The van der Waals surface area contributed by atoms with Crippen molar-refractivity contribution in [2.45, 2.75) is 25.7 Å². The molecule has 0 atom stereocenters. The number of aryl methyl sites for hydroxylation is 1. The number of primary amides is 1. The summed E-state index contributed by atoms with van der Waals surface area (Å²) in [5, 5.41) is 12.8. The van der Waals surface area contributed by atoms with E-state index in [4.69, 9.17) is 15.2 Å². The molecule has 1 aromatic carbocycles. The van der Waals surface area contributed by atoms with E-state index in [1.165, 1.54) is 36.6 Å². The molecule has 0 spiro atoms. The number of thiophene rings is 1. The fourth-order valence-electron chi connectivity index (χ4n) is 3.10. The Hall–Kier alpha value is -3.07. The molecule has 2 amide bonds. The summed E-state index contributed by atoms with van der Waals surface area (Å²) < 4.78 is 9.90. The third kappa shape index (κ3) is 4.09. The van der Waals surface area contributed by atoms with Gasteiger partial charge in [-0.3, -0.25) is 9.59 Å². The number of nitrogens with one attached hydrogen (secondary N) is 1. The fourth-order valence-corrected chi connectivity index (χ4v) is 4.41. The number of ether oxygens (including phenoxy) is 2. The van der Waals surface area contributed by atoms with Gasteiger partial charge in [0.05, 0.1) is 12.7 Å². The molecule has 1 aliphatic rings. The van der Waals surface area contributed by atoms with Crippen LogP contribution in [0.15, 0.2) is 18.2 Å². The van der Waals surface area contributed by atoms with Gasteiger partial charge in [-0.15, -0.1) is 11.3 Å². The topological polar surface area (TPSA) is 128 Å². The minimum atomic E-state index is -0.851. The number of carbonyl (C=O) groups excluding carboxylic acids is 3. The molecule has 1 heterocycles. The van der Waals surface area contributed by atoms with E-state index in [0.717, 1.165) is 36.1 Å². The zero-order valence-corrected chi connectivity index (χ0v) is 16.1. The maximum absolute atomic E-state index is 12.2. The standard InChI is InChI=1S/C19H20N2O6S/c1-26-10-6-7-11(13(22)8-10)19(25)27-9-15(23)21-18-16(17(20)24)12-4-2-3-5-14(12)28-18/h6-8,22H,2-5,9H2,1H3,(H2,20,24)(H,21,23). The van der Waals surface area contributed by atoms with Gasteiger partial charge in [-0.2, -0.15) is 0 Å². The average molecular weight is 404 g/mol. The van der Waals surface area contributed by atoms with E-state index >= 15 is 0 Å². The Labute approximate surface area is 165 Å². The number of aromatic hydroxyl groups is 1. The summed E-state index contributed by atoms with van der Waals surface area (Å²) in [7, 11) is 1.43. The second kappa shape index (κ2) is 8.30. The lowest BCUT2D eigenvalue weighted by Gasteiger charge is -2.11. The molecule has 0 saturated heterocycles. The second-order valence-corrected chi connectivity index (χ2v) is 7.39. The highest BCUT2D eigenvalue weighted by Crippen LogP contribution is 2.37. The molecule has 0 radical (unpaired) electrons. The Balaban J connectivity index is 1.66. The van der Waals surface area contributed by atoms with Gasteiger partial charge in [0, 0.05) is 10.9 Å². The van der Waals surface area contributed by atoms with Gasteiger partial charge in [0.2, 0.25) is 0 Å². The molecule has 3 rings (SSSR count).